The Morgan fingerprint density at radius 3 is 2.86 bits per heavy atom. The minimum absolute atomic E-state index is 0. The van der Waals surface area contributed by atoms with Gasteiger partial charge in [0.05, 0.1) is 12.0 Å². The van der Waals surface area contributed by atoms with Crippen LogP contribution < -0.4 is 10.0 Å². The van der Waals surface area contributed by atoms with E-state index >= 15 is 0 Å². The van der Waals surface area contributed by atoms with Crippen molar-refractivity contribution in [2.45, 2.75) is 36.7 Å². The van der Waals surface area contributed by atoms with Gasteiger partial charge < -0.3 is 10.1 Å². The maximum absolute atomic E-state index is 12.3. The third-order valence-electron chi connectivity index (χ3n) is 3.34. The van der Waals surface area contributed by atoms with Crippen LogP contribution in [0.2, 0.25) is 0 Å². The summed E-state index contributed by atoms with van der Waals surface area (Å²) in [5.41, 5.74) is 0. The van der Waals surface area contributed by atoms with Gasteiger partial charge in [-0.15, -0.1) is 23.7 Å². The van der Waals surface area contributed by atoms with Crippen molar-refractivity contribution in [2.75, 3.05) is 13.7 Å². The number of ether oxygens (including phenoxy) is 1. The van der Waals surface area contributed by atoms with Gasteiger partial charge >= 0.3 is 5.97 Å². The van der Waals surface area contributed by atoms with Crippen LogP contribution >= 0.6 is 23.7 Å². The summed E-state index contributed by atoms with van der Waals surface area (Å²) in [6.07, 6.45) is 1.75. The first-order chi connectivity index (χ1) is 9.44. The van der Waals surface area contributed by atoms with Gasteiger partial charge in [-0.25, -0.2) is 17.9 Å². The molecule has 2 heterocycles. The molecule has 1 aliphatic rings. The maximum atomic E-state index is 12.3. The Labute approximate surface area is 134 Å². The van der Waals surface area contributed by atoms with E-state index in [9.17, 15) is 13.2 Å². The van der Waals surface area contributed by atoms with Gasteiger partial charge in [0, 0.05) is 17.5 Å². The second-order valence-corrected chi connectivity index (χ2v) is 7.38. The second-order valence-electron chi connectivity index (χ2n) is 4.75. The van der Waals surface area contributed by atoms with Crippen LogP contribution in [0.5, 0.6) is 0 Å². The van der Waals surface area contributed by atoms with Gasteiger partial charge in [-0.3, -0.25) is 0 Å². The number of halogens is 1. The molecule has 0 amide bonds. The van der Waals surface area contributed by atoms with Gasteiger partial charge in [0.25, 0.3) is 0 Å². The number of nitrogens with one attached hydrogen (secondary N) is 2. The Balaban J connectivity index is 0.00000220. The average molecular weight is 355 g/mol. The predicted molar refractivity (Wildman–Crippen MR) is 83.7 cm³/mol. The van der Waals surface area contributed by atoms with E-state index in [1.807, 2.05) is 6.92 Å². The standard InChI is InChI=1S/C12H18N2O4S2.ClH/c1-8-10(4-3-5-13-8)14-20(16,17)9-6-11(19-7-9)12(15)18-2;/h6-8,10,13-14H,3-5H2,1-2H3;1H. The summed E-state index contributed by atoms with van der Waals surface area (Å²) < 4.78 is 31.8. The van der Waals surface area contributed by atoms with Gasteiger partial charge in [-0.2, -0.15) is 0 Å². The minimum atomic E-state index is -3.60. The number of thiophene rings is 1. The monoisotopic (exact) mass is 354 g/mol. The fraction of sp³-hybridized carbons (Fsp3) is 0.583. The number of carbonyl (C=O) groups is 1. The molecule has 0 bridgehead atoms. The number of rotatable bonds is 4. The lowest BCUT2D eigenvalue weighted by atomic mass is 10.0. The van der Waals surface area contributed by atoms with Crippen LogP contribution in [0.25, 0.3) is 0 Å². The molecule has 1 fully saturated rings. The molecule has 0 aromatic carbocycles. The van der Waals surface area contributed by atoms with E-state index in [0.717, 1.165) is 30.7 Å². The number of carbonyl (C=O) groups excluding carboxylic acids is 1. The highest BCUT2D eigenvalue weighted by Gasteiger charge is 2.27. The summed E-state index contributed by atoms with van der Waals surface area (Å²) in [4.78, 5) is 11.8. The normalized spacial score (nSPS) is 22.4. The van der Waals surface area contributed by atoms with Gasteiger partial charge in [-0.05, 0) is 32.4 Å². The Morgan fingerprint density at radius 1 is 1.52 bits per heavy atom. The van der Waals surface area contributed by atoms with Crippen LogP contribution in [-0.4, -0.2) is 40.1 Å². The first kappa shape index (κ1) is 18.4. The molecule has 0 spiro atoms. The van der Waals surface area contributed by atoms with Crippen LogP contribution in [0.15, 0.2) is 16.3 Å². The highest BCUT2D eigenvalue weighted by atomic mass is 35.5. The molecule has 1 saturated heterocycles. The highest BCUT2D eigenvalue weighted by molar-refractivity contribution is 7.89. The van der Waals surface area contributed by atoms with E-state index < -0.39 is 16.0 Å². The summed E-state index contributed by atoms with van der Waals surface area (Å²) in [6, 6.07) is 1.31. The highest BCUT2D eigenvalue weighted by Crippen LogP contribution is 2.21. The van der Waals surface area contributed by atoms with Crippen LogP contribution in [0, 0.1) is 0 Å². The summed E-state index contributed by atoms with van der Waals surface area (Å²) in [6.45, 7) is 2.87. The van der Waals surface area contributed by atoms with Crippen molar-refractivity contribution in [3.63, 3.8) is 0 Å². The molecule has 9 heteroatoms. The quantitative estimate of drug-likeness (QED) is 0.798. The Bertz CT molecular complexity index is 588. The zero-order valence-corrected chi connectivity index (χ0v) is 14.2. The largest absolute Gasteiger partial charge is 0.465 e. The van der Waals surface area contributed by atoms with Crippen molar-refractivity contribution in [3.8, 4) is 0 Å². The van der Waals surface area contributed by atoms with Crippen molar-refractivity contribution in [1.29, 1.82) is 0 Å². The lowest BCUT2D eigenvalue weighted by Gasteiger charge is -2.30. The van der Waals surface area contributed by atoms with E-state index in [2.05, 4.69) is 14.8 Å². The average Bonchev–Trinajstić information content (AvgIpc) is 2.91. The first-order valence-electron chi connectivity index (χ1n) is 6.36. The van der Waals surface area contributed by atoms with Crippen LogP contribution in [0.3, 0.4) is 0 Å². The van der Waals surface area contributed by atoms with Crippen LogP contribution in [0.1, 0.15) is 29.4 Å². The summed E-state index contributed by atoms with van der Waals surface area (Å²) >= 11 is 1.06. The van der Waals surface area contributed by atoms with Crippen molar-refractivity contribution in [3.05, 3.63) is 16.3 Å². The number of piperidine rings is 1. The van der Waals surface area contributed by atoms with E-state index in [4.69, 9.17) is 0 Å². The smallest absolute Gasteiger partial charge is 0.348 e. The fourth-order valence-corrected chi connectivity index (χ4v) is 4.68. The Kier molecular flexibility index (Phi) is 6.61. The second kappa shape index (κ2) is 7.55. The molecule has 2 N–H and O–H groups in total. The Morgan fingerprint density at radius 2 is 2.24 bits per heavy atom. The van der Waals surface area contributed by atoms with Crippen molar-refractivity contribution in [1.82, 2.24) is 10.0 Å². The molecule has 2 unspecified atom stereocenters. The topological polar surface area (TPSA) is 84.5 Å². The maximum Gasteiger partial charge on any atom is 0.348 e. The summed E-state index contributed by atoms with van der Waals surface area (Å²) in [7, 11) is -2.33. The molecule has 0 saturated carbocycles. The number of hydrogen-bond donors (Lipinski definition) is 2. The zero-order valence-electron chi connectivity index (χ0n) is 11.8. The number of sulfonamides is 1. The molecule has 0 aliphatic carbocycles. The van der Waals surface area contributed by atoms with Crippen molar-refractivity contribution >= 4 is 39.7 Å². The van der Waals surface area contributed by atoms with Crippen molar-refractivity contribution in [2.24, 2.45) is 0 Å². The minimum Gasteiger partial charge on any atom is -0.465 e. The molecular formula is C12H19ClN2O4S2. The Hall–Kier alpha value is -0.670. The van der Waals surface area contributed by atoms with E-state index in [0.29, 0.717) is 0 Å². The summed E-state index contributed by atoms with van der Waals surface area (Å²) in [5, 5.41) is 4.69. The van der Waals surface area contributed by atoms with Gasteiger partial charge in [0.2, 0.25) is 10.0 Å². The van der Waals surface area contributed by atoms with Gasteiger partial charge in [-0.1, -0.05) is 0 Å². The van der Waals surface area contributed by atoms with E-state index in [1.165, 1.54) is 18.6 Å². The lowest BCUT2D eigenvalue weighted by Crippen LogP contribution is -2.51. The van der Waals surface area contributed by atoms with Crippen LogP contribution in [-0.2, 0) is 14.8 Å². The fourth-order valence-electron chi connectivity index (χ4n) is 2.14. The zero-order chi connectivity index (χ0) is 14.8. The molecule has 1 aliphatic heterocycles. The van der Waals surface area contributed by atoms with Gasteiger partial charge in [0.15, 0.2) is 0 Å². The van der Waals surface area contributed by atoms with E-state index in [1.54, 1.807) is 0 Å². The molecule has 1 aromatic heterocycles. The SMILES string of the molecule is COC(=O)c1cc(S(=O)(=O)NC2CCCNC2C)cs1.Cl. The number of hydrogen-bond acceptors (Lipinski definition) is 6. The third kappa shape index (κ3) is 4.40. The molecule has 21 heavy (non-hydrogen) atoms. The molecule has 0 radical (unpaired) electrons. The van der Waals surface area contributed by atoms with Gasteiger partial charge in [0.1, 0.15) is 4.88 Å². The predicted octanol–water partition coefficient (Wildman–Crippen LogP) is 1.38. The van der Waals surface area contributed by atoms with Crippen LogP contribution in [0.4, 0.5) is 0 Å². The lowest BCUT2D eigenvalue weighted by molar-refractivity contribution is 0.0606. The van der Waals surface area contributed by atoms with E-state index in [-0.39, 0.29) is 34.3 Å². The molecule has 2 rings (SSSR count). The molecule has 6 nitrogen and oxygen atoms in total. The third-order valence-corrected chi connectivity index (χ3v) is 5.87. The first-order valence-corrected chi connectivity index (χ1v) is 8.73. The number of esters is 1. The number of methoxy groups -OCH3 is 1. The molecule has 120 valence electrons. The summed E-state index contributed by atoms with van der Waals surface area (Å²) in [5.74, 6) is -0.524. The van der Waals surface area contributed by atoms with Crippen molar-refractivity contribution < 1.29 is 17.9 Å². The molecule has 2 atom stereocenters. The molecular weight excluding hydrogens is 336 g/mol. The molecule has 1 aromatic rings.